The zero-order chi connectivity index (χ0) is 41.9. The Morgan fingerprint density at radius 2 is 1.18 bits per heavy atom. The van der Waals surface area contributed by atoms with E-state index in [9.17, 15) is 19.0 Å². The molecule has 10 nitrogen and oxygen atoms in total. The Hall–Kier alpha value is -2.59. The molecule has 11 heteroatoms. The first-order valence-electron chi connectivity index (χ1n) is 21.8. The molecule has 1 aliphatic heterocycles. The summed E-state index contributed by atoms with van der Waals surface area (Å²) in [5, 5.41) is 0. The Bertz CT molecular complexity index is 1270. The van der Waals surface area contributed by atoms with Gasteiger partial charge in [0.05, 0.1) is 40.0 Å². The summed E-state index contributed by atoms with van der Waals surface area (Å²) in [6, 6.07) is 0. The first-order chi connectivity index (χ1) is 27.5. The van der Waals surface area contributed by atoms with E-state index in [0.29, 0.717) is 30.3 Å². The highest BCUT2D eigenvalue weighted by Gasteiger charge is 2.36. The third-order valence-electron chi connectivity index (χ3n) is 9.12. The number of hydrogen-bond acceptors (Lipinski definition) is 8. The largest absolute Gasteiger partial charge is 0.472 e. The van der Waals surface area contributed by atoms with Crippen molar-refractivity contribution in [1.82, 2.24) is 0 Å². The van der Waals surface area contributed by atoms with Crippen molar-refractivity contribution >= 4 is 19.8 Å². The van der Waals surface area contributed by atoms with Gasteiger partial charge in [-0.1, -0.05) is 119 Å². The van der Waals surface area contributed by atoms with E-state index >= 15 is 0 Å². The number of carbonyl (C=O) groups is 2. The number of epoxide rings is 1. The molecule has 4 atom stereocenters. The van der Waals surface area contributed by atoms with Crippen LogP contribution in [0.4, 0.5) is 0 Å². The topological polar surface area (TPSA) is 121 Å². The maximum Gasteiger partial charge on any atom is 0.472 e. The van der Waals surface area contributed by atoms with Crippen molar-refractivity contribution in [2.45, 2.75) is 161 Å². The number of nitrogens with zero attached hydrogens (tertiary/aromatic N) is 1. The highest BCUT2D eigenvalue weighted by Crippen LogP contribution is 2.43. The van der Waals surface area contributed by atoms with Gasteiger partial charge in [0.2, 0.25) is 0 Å². The van der Waals surface area contributed by atoms with Gasteiger partial charge in [0.25, 0.3) is 0 Å². The van der Waals surface area contributed by atoms with Crippen LogP contribution in [0.25, 0.3) is 0 Å². The van der Waals surface area contributed by atoms with E-state index < -0.39 is 32.5 Å². The minimum absolute atomic E-state index is 0.0117. The minimum Gasteiger partial charge on any atom is -0.462 e. The third-order valence-corrected chi connectivity index (χ3v) is 10.1. The molecule has 0 saturated carbocycles. The number of unbranched alkanes of at least 4 members (excludes halogenated alkanes) is 9. The quantitative estimate of drug-likeness (QED) is 0.0163. The SMILES string of the molecule is CC/C=C\C/C=C\C/C=C\CC1OC1C/C=C\CCCC(=O)OC(COC(=O)CCCCCCC/C=C\C/C=C\CCCCC)COP(=O)(O)OCC[N+](C)(C)C. The molecule has 0 amide bonds. The molecule has 0 aromatic heterocycles. The molecule has 326 valence electrons. The molecule has 0 bridgehead atoms. The molecule has 1 heterocycles. The molecule has 1 fully saturated rings. The van der Waals surface area contributed by atoms with Crippen molar-refractivity contribution < 1.29 is 46.8 Å². The number of ether oxygens (including phenoxy) is 3. The third kappa shape index (κ3) is 35.1. The van der Waals surface area contributed by atoms with Crippen LogP contribution in [0, 0.1) is 0 Å². The minimum atomic E-state index is -4.40. The van der Waals surface area contributed by atoms with Gasteiger partial charge in [0.15, 0.2) is 6.10 Å². The molecule has 0 aromatic rings. The van der Waals surface area contributed by atoms with E-state index in [2.05, 4.69) is 80.7 Å². The summed E-state index contributed by atoms with van der Waals surface area (Å²) < 4.78 is 40.0. The first-order valence-corrected chi connectivity index (χ1v) is 23.3. The van der Waals surface area contributed by atoms with Crippen LogP contribution in [-0.4, -0.2) is 87.1 Å². The van der Waals surface area contributed by atoms with Gasteiger partial charge >= 0.3 is 19.8 Å². The van der Waals surface area contributed by atoms with Crippen LogP contribution in [0.1, 0.15) is 142 Å². The number of carbonyl (C=O) groups excluding carboxylic acids is 2. The zero-order valence-corrected chi connectivity index (χ0v) is 37.1. The van der Waals surface area contributed by atoms with Crippen LogP contribution < -0.4 is 0 Å². The number of quaternary nitrogens is 1. The van der Waals surface area contributed by atoms with Crippen LogP contribution in [-0.2, 0) is 37.4 Å². The fourth-order valence-corrected chi connectivity index (χ4v) is 6.33. The second-order valence-electron chi connectivity index (χ2n) is 15.7. The highest BCUT2D eigenvalue weighted by molar-refractivity contribution is 7.47. The molecule has 1 rings (SSSR count). The van der Waals surface area contributed by atoms with E-state index in [1.165, 1.54) is 25.7 Å². The molecule has 1 aliphatic rings. The lowest BCUT2D eigenvalue weighted by molar-refractivity contribution is -0.870. The van der Waals surface area contributed by atoms with Crippen molar-refractivity contribution in [3.05, 3.63) is 72.9 Å². The molecule has 0 radical (unpaired) electrons. The van der Waals surface area contributed by atoms with Crippen molar-refractivity contribution in [2.24, 2.45) is 0 Å². The predicted molar refractivity (Wildman–Crippen MR) is 233 cm³/mol. The number of likely N-dealkylation sites (N-methyl/N-ethyl adjacent to an activating group) is 1. The zero-order valence-electron chi connectivity index (χ0n) is 36.2. The second-order valence-corrected chi connectivity index (χ2v) is 17.2. The molecular formula is C46H79NO9P+. The molecule has 4 unspecified atom stereocenters. The summed E-state index contributed by atoms with van der Waals surface area (Å²) in [6.07, 6.45) is 44.1. The number of rotatable bonds is 37. The fourth-order valence-electron chi connectivity index (χ4n) is 5.59. The average molecular weight is 821 g/mol. The van der Waals surface area contributed by atoms with Crippen molar-refractivity contribution in [1.29, 1.82) is 0 Å². The summed E-state index contributed by atoms with van der Waals surface area (Å²) in [5.74, 6) is -0.899. The van der Waals surface area contributed by atoms with Gasteiger partial charge in [-0.2, -0.15) is 0 Å². The average Bonchev–Trinajstić information content (AvgIpc) is 3.92. The lowest BCUT2D eigenvalue weighted by atomic mass is 10.1. The molecule has 1 saturated heterocycles. The van der Waals surface area contributed by atoms with Crippen LogP contribution in [0.3, 0.4) is 0 Å². The van der Waals surface area contributed by atoms with Gasteiger partial charge in [-0.05, 0) is 83.5 Å². The predicted octanol–water partition coefficient (Wildman–Crippen LogP) is 11.2. The number of esters is 2. The summed E-state index contributed by atoms with van der Waals surface area (Å²) in [7, 11) is 1.41. The van der Waals surface area contributed by atoms with Gasteiger partial charge in [-0.3, -0.25) is 18.6 Å². The van der Waals surface area contributed by atoms with Gasteiger partial charge < -0.3 is 23.6 Å². The molecule has 57 heavy (non-hydrogen) atoms. The number of allylic oxidation sites excluding steroid dienone is 10. The van der Waals surface area contributed by atoms with Crippen LogP contribution >= 0.6 is 7.82 Å². The Labute approximate surface area is 346 Å². The maximum absolute atomic E-state index is 12.7. The molecule has 0 aliphatic carbocycles. The smallest absolute Gasteiger partial charge is 0.462 e. The van der Waals surface area contributed by atoms with Crippen molar-refractivity contribution in [3.8, 4) is 0 Å². The van der Waals surface area contributed by atoms with Gasteiger partial charge in [0, 0.05) is 12.8 Å². The molecule has 0 aromatic carbocycles. The normalized spacial score (nSPS) is 17.9. The van der Waals surface area contributed by atoms with E-state index in [0.717, 1.165) is 70.6 Å². The number of hydrogen-bond donors (Lipinski definition) is 1. The number of phosphoric ester groups is 1. The maximum atomic E-state index is 12.7. The van der Waals surface area contributed by atoms with E-state index in [-0.39, 0.29) is 38.3 Å². The number of phosphoric acid groups is 1. The molecular weight excluding hydrogens is 741 g/mol. The van der Waals surface area contributed by atoms with Gasteiger partial charge in [-0.15, -0.1) is 0 Å². The highest BCUT2D eigenvalue weighted by atomic mass is 31.2. The Morgan fingerprint density at radius 1 is 0.649 bits per heavy atom. The first kappa shape index (κ1) is 52.4. The van der Waals surface area contributed by atoms with Crippen LogP contribution in [0.5, 0.6) is 0 Å². The summed E-state index contributed by atoms with van der Waals surface area (Å²) in [4.78, 5) is 35.4. The molecule has 0 spiro atoms. The molecule has 1 N–H and O–H groups in total. The fraction of sp³-hybridized carbons (Fsp3) is 0.696. The van der Waals surface area contributed by atoms with Crippen molar-refractivity contribution in [3.63, 3.8) is 0 Å². The monoisotopic (exact) mass is 821 g/mol. The summed E-state index contributed by atoms with van der Waals surface area (Å²) >= 11 is 0. The lowest BCUT2D eigenvalue weighted by Gasteiger charge is -2.24. The Balaban J connectivity index is 2.36. The Morgan fingerprint density at radius 3 is 1.82 bits per heavy atom. The van der Waals surface area contributed by atoms with E-state index in [4.69, 9.17) is 23.3 Å². The van der Waals surface area contributed by atoms with Gasteiger partial charge in [0.1, 0.15) is 19.8 Å². The van der Waals surface area contributed by atoms with Gasteiger partial charge in [-0.25, -0.2) is 4.57 Å². The second kappa shape index (κ2) is 34.3. The summed E-state index contributed by atoms with van der Waals surface area (Å²) in [5.41, 5.74) is 0. The van der Waals surface area contributed by atoms with Crippen LogP contribution in [0.2, 0.25) is 0 Å². The summed E-state index contributed by atoms with van der Waals surface area (Å²) in [6.45, 7) is 4.16. The Kier molecular flexibility index (Phi) is 31.5. The van der Waals surface area contributed by atoms with E-state index in [1.54, 1.807) is 0 Å². The lowest BCUT2D eigenvalue weighted by Crippen LogP contribution is -2.37. The standard InChI is InChI=1S/C46H78NO9P/c1-6-8-10-12-14-16-17-18-19-20-21-23-25-27-32-36-45(48)52-40-42(41-54-57(50,51)53-39-38-47(3,4)5)55-46(49)37-33-29-28-31-35-44-43(56-44)34-30-26-24-22-15-13-11-9-7-2/h9,11,14-16,18-19,22,26,28,30-31,42-44H,6-8,10,12-13,17,20-21,23-25,27,29,32-41H2,1-5H3/p+1/b11-9-,16-14-,19-18-,22-15-,30-26-,31-28-. The van der Waals surface area contributed by atoms with Crippen LogP contribution in [0.15, 0.2) is 72.9 Å². The van der Waals surface area contributed by atoms with E-state index in [1.807, 2.05) is 27.2 Å². The van der Waals surface area contributed by atoms with Crippen molar-refractivity contribution in [2.75, 3.05) is 47.5 Å².